The largest absolute Gasteiger partial charge is 0.198 e. The Hall–Kier alpha value is -0.880. The molecule has 1 aromatic rings. The molecular formula is C6H4FNS. The Kier molecular flexibility index (Phi) is 1.81. The van der Waals surface area contributed by atoms with Crippen LogP contribution in [0.15, 0.2) is 12.1 Å². The zero-order valence-corrected chi connectivity index (χ0v) is 5.41. The van der Waals surface area contributed by atoms with Crippen molar-refractivity contribution in [2.24, 2.45) is 0 Å². The van der Waals surface area contributed by atoms with E-state index in [0.717, 1.165) is 16.2 Å². The molecule has 0 amide bonds. The Bertz CT molecular complexity index is 235. The van der Waals surface area contributed by atoms with Crippen LogP contribution in [0.3, 0.4) is 0 Å². The van der Waals surface area contributed by atoms with Crippen LogP contribution in [-0.2, 0) is 6.42 Å². The van der Waals surface area contributed by atoms with Crippen LogP contribution in [0.5, 0.6) is 0 Å². The second kappa shape index (κ2) is 2.60. The minimum Gasteiger partial charge on any atom is -0.198 e. The fourth-order valence-electron chi connectivity index (χ4n) is 0.525. The Balaban J connectivity index is 2.76. The van der Waals surface area contributed by atoms with Crippen LogP contribution in [0.4, 0.5) is 4.39 Å². The average molecular weight is 141 g/mol. The molecule has 0 aliphatic heterocycles. The van der Waals surface area contributed by atoms with Gasteiger partial charge in [0.05, 0.1) is 12.5 Å². The molecule has 1 nitrogen and oxygen atoms in total. The van der Waals surface area contributed by atoms with Crippen molar-refractivity contribution in [1.82, 2.24) is 0 Å². The Labute approximate surface area is 56.4 Å². The number of hydrogen-bond donors (Lipinski definition) is 0. The van der Waals surface area contributed by atoms with Gasteiger partial charge in [-0.2, -0.15) is 9.65 Å². The van der Waals surface area contributed by atoms with Crippen molar-refractivity contribution >= 4 is 11.3 Å². The summed E-state index contributed by atoms with van der Waals surface area (Å²) in [5.41, 5.74) is 0. The maximum absolute atomic E-state index is 12.2. The highest BCUT2D eigenvalue weighted by Gasteiger charge is 1.95. The fraction of sp³-hybridized carbons (Fsp3) is 0.167. The van der Waals surface area contributed by atoms with E-state index in [1.807, 2.05) is 6.07 Å². The first kappa shape index (κ1) is 6.24. The predicted molar refractivity (Wildman–Crippen MR) is 33.6 cm³/mol. The van der Waals surface area contributed by atoms with Gasteiger partial charge >= 0.3 is 0 Å². The lowest BCUT2D eigenvalue weighted by molar-refractivity contribution is 0.657. The second-order valence-corrected chi connectivity index (χ2v) is 2.66. The maximum atomic E-state index is 12.2. The number of hydrogen-bond acceptors (Lipinski definition) is 2. The summed E-state index contributed by atoms with van der Waals surface area (Å²) in [4.78, 5) is 0.787. The number of nitrogens with zero attached hydrogens (tertiary/aromatic N) is 1. The van der Waals surface area contributed by atoms with Crippen molar-refractivity contribution in [1.29, 1.82) is 5.26 Å². The van der Waals surface area contributed by atoms with Gasteiger partial charge in [0.25, 0.3) is 0 Å². The summed E-state index contributed by atoms with van der Waals surface area (Å²) in [5.74, 6) is 0. The van der Waals surface area contributed by atoms with Crippen molar-refractivity contribution < 1.29 is 4.39 Å². The van der Waals surface area contributed by atoms with E-state index in [1.165, 1.54) is 6.07 Å². The molecule has 46 valence electrons. The molecule has 1 aromatic heterocycles. The van der Waals surface area contributed by atoms with Gasteiger partial charge in [0.2, 0.25) is 0 Å². The quantitative estimate of drug-likeness (QED) is 0.586. The zero-order chi connectivity index (χ0) is 6.69. The van der Waals surface area contributed by atoms with Crippen molar-refractivity contribution in [3.63, 3.8) is 0 Å². The topological polar surface area (TPSA) is 23.8 Å². The molecule has 0 bridgehead atoms. The molecule has 9 heavy (non-hydrogen) atoms. The van der Waals surface area contributed by atoms with Gasteiger partial charge in [-0.15, -0.1) is 11.3 Å². The third kappa shape index (κ3) is 1.51. The summed E-state index contributed by atoms with van der Waals surface area (Å²) in [6, 6.07) is 4.94. The molecule has 0 aromatic carbocycles. The molecule has 0 aliphatic rings. The van der Waals surface area contributed by atoms with E-state index in [4.69, 9.17) is 5.26 Å². The molecule has 1 rings (SSSR count). The Morgan fingerprint density at radius 2 is 2.44 bits per heavy atom. The summed E-state index contributed by atoms with van der Waals surface area (Å²) in [7, 11) is 0. The van der Waals surface area contributed by atoms with Gasteiger partial charge in [-0.25, -0.2) is 0 Å². The number of thiophene rings is 1. The summed E-state index contributed by atoms with van der Waals surface area (Å²) < 4.78 is 12.2. The van der Waals surface area contributed by atoms with Crippen LogP contribution in [0, 0.1) is 16.5 Å². The SMILES string of the molecule is N#CCc1ccc(F)s1. The average Bonchev–Trinajstić information content (AvgIpc) is 2.17. The molecule has 0 saturated carbocycles. The highest BCUT2D eigenvalue weighted by molar-refractivity contribution is 7.10. The van der Waals surface area contributed by atoms with Crippen LogP contribution in [0.25, 0.3) is 0 Å². The standard InChI is InChI=1S/C6H4FNS/c7-6-2-1-5(9-6)3-4-8/h1-2H,3H2. The van der Waals surface area contributed by atoms with E-state index in [0.29, 0.717) is 6.42 Å². The predicted octanol–water partition coefficient (Wildman–Crippen LogP) is 1.95. The van der Waals surface area contributed by atoms with Crippen LogP contribution in [0.1, 0.15) is 4.88 Å². The molecule has 0 aliphatic carbocycles. The summed E-state index contributed by atoms with van der Waals surface area (Å²) in [6.07, 6.45) is 0.314. The lowest BCUT2D eigenvalue weighted by Gasteiger charge is -1.77. The minimum absolute atomic E-state index is 0.222. The van der Waals surface area contributed by atoms with Crippen molar-refractivity contribution in [2.75, 3.05) is 0 Å². The van der Waals surface area contributed by atoms with Gasteiger partial charge in [0, 0.05) is 4.88 Å². The second-order valence-electron chi connectivity index (χ2n) is 1.54. The Morgan fingerprint density at radius 1 is 1.67 bits per heavy atom. The van der Waals surface area contributed by atoms with Crippen LogP contribution < -0.4 is 0 Å². The molecule has 0 atom stereocenters. The highest BCUT2D eigenvalue weighted by atomic mass is 32.1. The van der Waals surface area contributed by atoms with Crippen LogP contribution in [-0.4, -0.2) is 0 Å². The number of rotatable bonds is 1. The molecule has 0 fully saturated rings. The van der Waals surface area contributed by atoms with Gasteiger partial charge in [-0.05, 0) is 12.1 Å². The minimum atomic E-state index is -0.222. The zero-order valence-electron chi connectivity index (χ0n) is 4.60. The summed E-state index contributed by atoms with van der Waals surface area (Å²) in [5, 5.41) is 7.94. The first-order valence-electron chi connectivity index (χ1n) is 2.44. The van der Waals surface area contributed by atoms with E-state index in [2.05, 4.69) is 0 Å². The molecule has 0 N–H and O–H groups in total. The molecule has 0 unspecified atom stereocenters. The normalized spacial score (nSPS) is 8.89. The first-order chi connectivity index (χ1) is 4.33. The molecule has 0 radical (unpaired) electrons. The van der Waals surface area contributed by atoms with Crippen molar-refractivity contribution in [2.45, 2.75) is 6.42 Å². The summed E-state index contributed by atoms with van der Waals surface area (Å²) in [6.45, 7) is 0. The van der Waals surface area contributed by atoms with E-state index in [1.54, 1.807) is 6.07 Å². The van der Waals surface area contributed by atoms with Gasteiger partial charge < -0.3 is 0 Å². The van der Waals surface area contributed by atoms with E-state index in [9.17, 15) is 4.39 Å². The van der Waals surface area contributed by atoms with E-state index < -0.39 is 0 Å². The van der Waals surface area contributed by atoms with Crippen molar-refractivity contribution in [3.8, 4) is 6.07 Å². The van der Waals surface area contributed by atoms with E-state index in [-0.39, 0.29) is 5.13 Å². The molecule has 0 spiro atoms. The van der Waals surface area contributed by atoms with Crippen molar-refractivity contribution in [3.05, 3.63) is 22.1 Å². The van der Waals surface area contributed by atoms with Gasteiger partial charge in [0.15, 0.2) is 5.13 Å². The van der Waals surface area contributed by atoms with E-state index >= 15 is 0 Å². The van der Waals surface area contributed by atoms with Gasteiger partial charge in [-0.1, -0.05) is 0 Å². The summed E-state index contributed by atoms with van der Waals surface area (Å²) >= 11 is 1.02. The third-order valence-corrected chi connectivity index (χ3v) is 1.76. The monoisotopic (exact) mass is 141 g/mol. The Morgan fingerprint density at radius 3 is 2.89 bits per heavy atom. The lowest BCUT2D eigenvalue weighted by Crippen LogP contribution is -1.68. The van der Waals surface area contributed by atoms with Gasteiger partial charge in [0.1, 0.15) is 0 Å². The molecule has 3 heteroatoms. The molecular weight excluding hydrogens is 137 g/mol. The highest BCUT2D eigenvalue weighted by Crippen LogP contribution is 2.13. The van der Waals surface area contributed by atoms with Crippen LogP contribution in [0.2, 0.25) is 0 Å². The number of nitriles is 1. The first-order valence-corrected chi connectivity index (χ1v) is 3.26. The molecule has 0 saturated heterocycles. The maximum Gasteiger partial charge on any atom is 0.176 e. The van der Waals surface area contributed by atoms with Crippen LogP contribution >= 0.6 is 11.3 Å². The fourth-order valence-corrected chi connectivity index (χ4v) is 1.18. The smallest absolute Gasteiger partial charge is 0.176 e. The number of halogens is 1. The lowest BCUT2D eigenvalue weighted by atomic mass is 10.4. The van der Waals surface area contributed by atoms with Gasteiger partial charge in [-0.3, -0.25) is 0 Å². The third-order valence-electron chi connectivity index (χ3n) is 0.882. The molecule has 1 heterocycles.